The summed E-state index contributed by atoms with van der Waals surface area (Å²) in [7, 11) is 0. The highest BCUT2D eigenvalue weighted by atomic mass is 16.1. The van der Waals surface area contributed by atoms with Crippen molar-refractivity contribution in [2.24, 2.45) is 17.8 Å². The summed E-state index contributed by atoms with van der Waals surface area (Å²) in [6.07, 6.45) is 0.808. The van der Waals surface area contributed by atoms with Gasteiger partial charge in [-0.25, -0.2) is 0 Å². The lowest BCUT2D eigenvalue weighted by atomic mass is 9.94. The van der Waals surface area contributed by atoms with Crippen molar-refractivity contribution >= 4 is 5.78 Å². The van der Waals surface area contributed by atoms with Gasteiger partial charge in [-0.15, -0.1) is 0 Å². The fourth-order valence-electron chi connectivity index (χ4n) is 1.48. The number of hydrogen-bond acceptors (Lipinski definition) is 1. The summed E-state index contributed by atoms with van der Waals surface area (Å²) in [5, 5.41) is 0. The maximum Gasteiger partial charge on any atom is 0.136 e. The highest BCUT2D eigenvalue weighted by Gasteiger charge is 2.33. The van der Waals surface area contributed by atoms with Crippen LogP contribution in [0.1, 0.15) is 27.2 Å². The van der Waals surface area contributed by atoms with Crippen LogP contribution < -0.4 is 0 Å². The molecule has 1 heteroatoms. The van der Waals surface area contributed by atoms with Crippen molar-refractivity contribution in [3.05, 3.63) is 0 Å². The third-order valence-electron chi connectivity index (χ3n) is 2.72. The molecule has 0 bridgehead atoms. The van der Waals surface area contributed by atoms with E-state index in [-0.39, 0.29) is 0 Å². The molecule has 0 amide bonds. The Labute approximate surface area is 56.4 Å². The van der Waals surface area contributed by atoms with Gasteiger partial charge < -0.3 is 0 Å². The van der Waals surface area contributed by atoms with Crippen molar-refractivity contribution in [2.45, 2.75) is 27.2 Å². The van der Waals surface area contributed by atoms with Crippen LogP contribution in [-0.2, 0) is 4.79 Å². The average Bonchev–Trinajstić information content (AvgIpc) is 1.98. The summed E-state index contributed by atoms with van der Waals surface area (Å²) in [6, 6.07) is 0. The van der Waals surface area contributed by atoms with Gasteiger partial charge in [-0.05, 0) is 11.8 Å². The fraction of sp³-hybridized carbons (Fsp3) is 0.875. The largest absolute Gasteiger partial charge is 0.299 e. The Bertz CT molecular complexity index is 129. The number of Topliss-reactive ketones (excluding diaryl/α,β-unsaturated/α-hetero) is 1. The molecule has 1 nitrogen and oxygen atoms in total. The van der Waals surface area contributed by atoms with Gasteiger partial charge in [0.15, 0.2) is 0 Å². The number of carbonyl (C=O) groups excluding carboxylic acids is 1. The normalized spacial score (nSPS) is 43.9. The molecule has 1 fully saturated rings. The summed E-state index contributed by atoms with van der Waals surface area (Å²) >= 11 is 0. The van der Waals surface area contributed by atoms with E-state index >= 15 is 0 Å². The standard InChI is InChI=1S/C8H14O/c1-5-4-8(9)7(3)6(5)2/h5-7H,4H2,1-3H3. The quantitative estimate of drug-likeness (QED) is 0.484. The van der Waals surface area contributed by atoms with Gasteiger partial charge in [0.25, 0.3) is 0 Å². The molecule has 3 unspecified atom stereocenters. The van der Waals surface area contributed by atoms with E-state index in [1.165, 1.54) is 0 Å². The van der Waals surface area contributed by atoms with E-state index in [1.54, 1.807) is 0 Å². The molecule has 0 saturated heterocycles. The van der Waals surface area contributed by atoms with Crippen LogP contribution in [0.4, 0.5) is 0 Å². The first-order chi connectivity index (χ1) is 4.13. The zero-order valence-corrected chi connectivity index (χ0v) is 6.35. The topological polar surface area (TPSA) is 17.1 Å². The number of hydrogen-bond donors (Lipinski definition) is 0. The molecular weight excluding hydrogens is 112 g/mol. The monoisotopic (exact) mass is 126 g/mol. The van der Waals surface area contributed by atoms with Crippen LogP contribution in [0, 0.1) is 17.8 Å². The minimum Gasteiger partial charge on any atom is -0.299 e. The second kappa shape index (κ2) is 2.13. The molecule has 1 saturated carbocycles. The van der Waals surface area contributed by atoms with Crippen LogP contribution in [0.25, 0.3) is 0 Å². The van der Waals surface area contributed by atoms with E-state index in [0.717, 1.165) is 6.42 Å². The number of rotatable bonds is 0. The lowest BCUT2D eigenvalue weighted by Crippen LogP contribution is -2.08. The van der Waals surface area contributed by atoms with Gasteiger partial charge in [0, 0.05) is 12.3 Å². The first-order valence-electron chi connectivity index (χ1n) is 3.65. The van der Waals surface area contributed by atoms with Crippen LogP contribution in [0.2, 0.25) is 0 Å². The zero-order chi connectivity index (χ0) is 7.02. The van der Waals surface area contributed by atoms with E-state index in [9.17, 15) is 4.79 Å². The maximum atomic E-state index is 11.0. The SMILES string of the molecule is CC1CC(=O)C(C)C1C. The fourth-order valence-corrected chi connectivity index (χ4v) is 1.48. The highest BCUT2D eigenvalue weighted by molar-refractivity contribution is 5.83. The smallest absolute Gasteiger partial charge is 0.136 e. The molecule has 0 heterocycles. The molecule has 0 radical (unpaired) electrons. The van der Waals surface area contributed by atoms with Crippen LogP contribution in [0.3, 0.4) is 0 Å². The lowest BCUT2D eigenvalue weighted by Gasteiger charge is -2.10. The Morgan fingerprint density at radius 1 is 1.33 bits per heavy atom. The van der Waals surface area contributed by atoms with E-state index < -0.39 is 0 Å². The second-order valence-corrected chi connectivity index (χ2v) is 3.30. The van der Waals surface area contributed by atoms with E-state index in [4.69, 9.17) is 0 Å². The molecule has 3 atom stereocenters. The first kappa shape index (κ1) is 6.79. The Morgan fingerprint density at radius 3 is 2.00 bits per heavy atom. The summed E-state index contributed by atoms with van der Waals surface area (Å²) in [6.45, 7) is 6.36. The van der Waals surface area contributed by atoms with Crippen molar-refractivity contribution < 1.29 is 4.79 Å². The third-order valence-corrected chi connectivity index (χ3v) is 2.72. The lowest BCUT2D eigenvalue weighted by molar-refractivity contribution is -0.120. The van der Waals surface area contributed by atoms with E-state index in [0.29, 0.717) is 23.5 Å². The van der Waals surface area contributed by atoms with E-state index in [2.05, 4.69) is 13.8 Å². The molecule has 0 aromatic carbocycles. The summed E-state index contributed by atoms with van der Waals surface area (Å²) in [5.74, 6) is 2.00. The third kappa shape index (κ3) is 1.00. The Balaban J connectivity index is 2.65. The Hall–Kier alpha value is -0.330. The van der Waals surface area contributed by atoms with Crippen LogP contribution in [0.5, 0.6) is 0 Å². The highest BCUT2D eigenvalue weighted by Crippen LogP contribution is 2.32. The molecule has 9 heavy (non-hydrogen) atoms. The average molecular weight is 126 g/mol. The van der Waals surface area contributed by atoms with Crippen molar-refractivity contribution in [1.82, 2.24) is 0 Å². The van der Waals surface area contributed by atoms with Gasteiger partial charge in [0.05, 0.1) is 0 Å². The molecule has 1 aliphatic rings. The molecule has 0 spiro atoms. The summed E-state index contributed by atoms with van der Waals surface area (Å²) < 4.78 is 0. The molecule has 1 aliphatic carbocycles. The number of carbonyl (C=O) groups is 1. The summed E-state index contributed by atoms with van der Waals surface area (Å²) in [5.41, 5.74) is 0. The van der Waals surface area contributed by atoms with Crippen molar-refractivity contribution in [3.63, 3.8) is 0 Å². The minimum absolute atomic E-state index is 0.319. The van der Waals surface area contributed by atoms with Gasteiger partial charge in [0.1, 0.15) is 5.78 Å². The van der Waals surface area contributed by atoms with Gasteiger partial charge in [-0.1, -0.05) is 20.8 Å². The van der Waals surface area contributed by atoms with Gasteiger partial charge in [0.2, 0.25) is 0 Å². The predicted octanol–water partition coefficient (Wildman–Crippen LogP) is 1.87. The van der Waals surface area contributed by atoms with Gasteiger partial charge in [-0.2, -0.15) is 0 Å². The zero-order valence-electron chi connectivity index (χ0n) is 6.35. The molecular formula is C8H14O. The Kier molecular flexibility index (Phi) is 1.60. The predicted molar refractivity (Wildman–Crippen MR) is 37.1 cm³/mol. The maximum absolute atomic E-state index is 11.0. The second-order valence-electron chi connectivity index (χ2n) is 3.30. The molecule has 0 aromatic rings. The van der Waals surface area contributed by atoms with Crippen LogP contribution >= 0.6 is 0 Å². The van der Waals surface area contributed by atoms with Crippen molar-refractivity contribution in [1.29, 1.82) is 0 Å². The van der Waals surface area contributed by atoms with Crippen LogP contribution in [0.15, 0.2) is 0 Å². The minimum atomic E-state index is 0.319. The molecule has 0 aromatic heterocycles. The van der Waals surface area contributed by atoms with Gasteiger partial charge >= 0.3 is 0 Å². The Morgan fingerprint density at radius 2 is 1.89 bits per heavy atom. The van der Waals surface area contributed by atoms with E-state index in [1.807, 2.05) is 6.92 Å². The molecule has 52 valence electrons. The van der Waals surface area contributed by atoms with Crippen molar-refractivity contribution in [2.75, 3.05) is 0 Å². The molecule has 0 aliphatic heterocycles. The van der Waals surface area contributed by atoms with Crippen LogP contribution in [-0.4, -0.2) is 5.78 Å². The van der Waals surface area contributed by atoms with Crippen molar-refractivity contribution in [3.8, 4) is 0 Å². The molecule has 0 N–H and O–H groups in total. The first-order valence-corrected chi connectivity index (χ1v) is 3.65. The van der Waals surface area contributed by atoms with Gasteiger partial charge in [-0.3, -0.25) is 4.79 Å². The number of ketones is 1. The summed E-state index contributed by atoms with van der Waals surface area (Å²) in [4.78, 5) is 11.0. The molecule has 1 rings (SSSR count).